The Morgan fingerprint density at radius 2 is 1.85 bits per heavy atom. The predicted molar refractivity (Wildman–Crippen MR) is 42.3 cm³/mol. The fourth-order valence-corrected chi connectivity index (χ4v) is 0.964. The Labute approximate surface area is 73.4 Å². The highest BCUT2D eigenvalue weighted by Gasteiger charge is 2.18. The lowest BCUT2D eigenvalue weighted by atomic mass is 10.1. The molecule has 0 aliphatic heterocycles. The van der Waals surface area contributed by atoms with Crippen molar-refractivity contribution in [1.82, 2.24) is 0 Å². The number of hydrogen-bond acceptors (Lipinski definition) is 3. The number of benzene rings is 1. The molecule has 0 aromatic heterocycles. The largest absolute Gasteiger partial charge is 0.504 e. The van der Waals surface area contributed by atoms with Gasteiger partial charge in [-0.15, -0.1) is 0 Å². The van der Waals surface area contributed by atoms with E-state index < -0.39 is 29.2 Å². The number of nitrogens with two attached hydrogens (primary N) is 1. The molecular formula is C8H9F2NO2. The van der Waals surface area contributed by atoms with Crippen LogP contribution in [0.4, 0.5) is 8.78 Å². The highest BCUT2D eigenvalue weighted by molar-refractivity contribution is 5.43. The van der Waals surface area contributed by atoms with E-state index >= 15 is 0 Å². The minimum atomic E-state index is -1.38. The Hall–Kier alpha value is -1.36. The van der Waals surface area contributed by atoms with Gasteiger partial charge in [0.1, 0.15) is 0 Å². The molecule has 13 heavy (non-hydrogen) atoms. The van der Waals surface area contributed by atoms with Gasteiger partial charge < -0.3 is 15.9 Å². The first-order valence-corrected chi connectivity index (χ1v) is 3.60. The molecule has 72 valence electrons. The van der Waals surface area contributed by atoms with Gasteiger partial charge in [-0.05, 0) is 13.0 Å². The van der Waals surface area contributed by atoms with Crippen molar-refractivity contribution in [3.63, 3.8) is 0 Å². The Bertz CT molecular complexity index is 339. The Morgan fingerprint density at radius 3 is 2.31 bits per heavy atom. The molecule has 1 atom stereocenters. The van der Waals surface area contributed by atoms with Crippen molar-refractivity contribution >= 4 is 0 Å². The third-order valence-corrected chi connectivity index (χ3v) is 1.69. The molecule has 0 saturated heterocycles. The third-order valence-electron chi connectivity index (χ3n) is 1.69. The van der Waals surface area contributed by atoms with Crippen LogP contribution in [0.25, 0.3) is 0 Å². The van der Waals surface area contributed by atoms with E-state index in [4.69, 9.17) is 15.9 Å². The van der Waals surface area contributed by atoms with Gasteiger partial charge in [0.2, 0.25) is 5.82 Å². The van der Waals surface area contributed by atoms with Gasteiger partial charge in [-0.1, -0.05) is 0 Å². The van der Waals surface area contributed by atoms with Crippen LogP contribution in [-0.2, 0) is 0 Å². The normalized spacial score (nSPS) is 12.9. The fraction of sp³-hybridized carbons (Fsp3) is 0.250. The van der Waals surface area contributed by atoms with Crippen molar-refractivity contribution in [3.05, 3.63) is 23.3 Å². The Morgan fingerprint density at radius 1 is 1.31 bits per heavy atom. The first-order chi connectivity index (χ1) is 5.95. The molecule has 0 aliphatic carbocycles. The second-order valence-electron chi connectivity index (χ2n) is 2.75. The van der Waals surface area contributed by atoms with E-state index in [0.717, 1.165) is 6.07 Å². The van der Waals surface area contributed by atoms with Crippen LogP contribution < -0.4 is 5.73 Å². The summed E-state index contributed by atoms with van der Waals surface area (Å²) in [6.45, 7) is 1.46. The highest BCUT2D eigenvalue weighted by atomic mass is 19.1. The fourth-order valence-electron chi connectivity index (χ4n) is 0.964. The average Bonchev–Trinajstić information content (AvgIpc) is 2.07. The van der Waals surface area contributed by atoms with Gasteiger partial charge in [0.05, 0.1) is 0 Å². The van der Waals surface area contributed by atoms with Gasteiger partial charge in [-0.25, -0.2) is 4.39 Å². The van der Waals surface area contributed by atoms with E-state index in [1.165, 1.54) is 6.92 Å². The van der Waals surface area contributed by atoms with Crippen LogP contribution in [0.5, 0.6) is 11.5 Å². The van der Waals surface area contributed by atoms with E-state index in [9.17, 15) is 8.78 Å². The lowest BCUT2D eigenvalue weighted by molar-refractivity contribution is 0.361. The summed E-state index contributed by atoms with van der Waals surface area (Å²) >= 11 is 0. The van der Waals surface area contributed by atoms with Crippen molar-refractivity contribution in [2.24, 2.45) is 5.73 Å². The lowest BCUT2D eigenvalue weighted by Gasteiger charge is -2.10. The monoisotopic (exact) mass is 189 g/mol. The van der Waals surface area contributed by atoms with Crippen molar-refractivity contribution < 1.29 is 19.0 Å². The molecule has 3 nitrogen and oxygen atoms in total. The molecule has 1 rings (SSSR count). The number of phenolic OH excluding ortho intramolecular Hbond substituents is 2. The van der Waals surface area contributed by atoms with Crippen LogP contribution in [0.3, 0.4) is 0 Å². The zero-order chi connectivity index (χ0) is 10.2. The third kappa shape index (κ3) is 1.55. The van der Waals surface area contributed by atoms with E-state index in [-0.39, 0.29) is 5.56 Å². The van der Waals surface area contributed by atoms with Crippen LogP contribution in [0.1, 0.15) is 18.5 Å². The van der Waals surface area contributed by atoms with E-state index in [0.29, 0.717) is 0 Å². The molecule has 1 aromatic carbocycles. The summed E-state index contributed by atoms with van der Waals surface area (Å²) in [6.07, 6.45) is 0. The van der Waals surface area contributed by atoms with Gasteiger partial charge in [-0.3, -0.25) is 0 Å². The molecule has 0 aliphatic rings. The van der Waals surface area contributed by atoms with Crippen LogP contribution in [0, 0.1) is 11.6 Å². The predicted octanol–water partition coefficient (Wildman–Crippen LogP) is 1.40. The van der Waals surface area contributed by atoms with E-state index in [1.54, 1.807) is 0 Å². The number of phenols is 2. The van der Waals surface area contributed by atoms with Crippen LogP contribution in [0.15, 0.2) is 6.07 Å². The molecule has 0 heterocycles. The molecule has 1 unspecified atom stereocenters. The zero-order valence-electron chi connectivity index (χ0n) is 6.88. The van der Waals surface area contributed by atoms with Gasteiger partial charge >= 0.3 is 0 Å². The van der Waals surface area contributed by atoms with Crippen molar-refractivity contribution in [3.8, 4) is 11.5 Å². The summed E-state index contributed by atoms with van der Waals surface area (Å²) in [7, 11) is 0. The molecule has 0 spiro atoms. The smallest absolute Gasteiger partial charge is 0.209 e. The minimum absolute atomic E-state index is 0.0761. The minimum Gasteiger partial charge on any atom is -0.504 e. The second kappa shape index (κ2) is 3.18. The summed E-state index contributed by atoms with van der Waals surface area (Å²) in [5.74, 6) is -4.52. The van der Waals surface area contributed by atoms with Gasteiger partial charge in [0.25, 0.3) is 0 Å². The van der Waals surface area contributed by atoms with E-state index in [2.05, 4.69) is 0 Å². The maximum atomic E-state index is 12.8. The quantitative estimate of drug-likeness (QED) is 0.625. The number of rotatable bonds is 1. The summed E-state index contributed by atoms with van der Waals surface area (Å²) in [5, 5.41) is 17.8. The summed E-state index contributed by atoms with van der Waals surface area (Å²) in [5.41, 5.74) is 5.25. The molecule has 0 saturated carbocycles. The van der Waals surface area contributed by atoms with Crippen molar-refractivity contribution in [1.29, 1.82) is 0 Å². The standard InChI is InChI=1S/C8H9F2NO2/c1-3(11)4-2-5(9)8(13)6(10)7(4)12/h2-3,12-13H,11H2,1H3. The van der Waals surface area contributed by atoms with Crippen LogP contribution in [-0.4, -0.2) is 10.2 Å². The topological polar surface area (TPSA) is 66.5 Å². The first-order valence-electron chi connectivity index (χ1n) is 3.60. The van der Waals surface area contributed by atoms with Crippen LogP contribution >= 0.6 is 0 Å². The Kier molecular flexibility index (Phi) is 2.38. The average molecular weight is 189 g/mol. The van der Waals surface area contributed by atoms with Crippen molar-refractivity contribution in [2.45, 2.75) is 13.0 Å². The van der Waals surface area contributed by atoms with Crippen molar-refractivity contribution in [2.75, 3.05) is 0 Å². The zero-order valence-corrected chi connectivity index (χ0v) is 6.88. The molecule has 5 heteroatoms. The van der Waals surface area contributed by atoms with Crippen LogP contribution in [0.2, 0.25) is 0 Å². The lowest BCUT2D eigenvalue weighted by Crippen LogP contribution is -2.06. The molecular weight excluding hydrogens is 180 g/mol. The highest BCUT2D eigenvalue weighted by Crippen LogP contribution is 2.33. The maximum absolute atomic E-state index is 12.8. The first kappa shape index (κ1) is 9.73. The molecule has 0 radical (unpaired) electrons. The van der Waals surface area contributed by atoms with E-state index in [1.807, 2.05) is 0 Å². The van der Waals surface area contributed by atoms with Gasteiger partial charge in [0.15, 0.2) is 17.3 Å². The van der Waals surface area contributed by atoms with Gasteiger partial charge in [0, 0.05) is 11.6 Å². The molecule has 1 aromatic rings. The number of aromatic hydroxyl groups is 2. The summed E-state index contributed by atoms with van der Waals surface area (Å²) in [4.78, 5) is 0. The SMILES string of the molecule is CC(N)c1cc(F)c(O)c(F)c1O. The molecule has 0 amide bonds. The summed E-state index contributed by atoms with van der Waals surface area (Å²) < 4.78 is 25.5. The Balaban J connectivity index is 3.41. The van der Waals surface area contributed by atoms with Gasteiger partial charge in [-0.2, -0.15) is 4.39 Å². The maximum Gasteiger partial charge on any atom is 0.209 e. The number of halogens is 2. The second-order valence-corrected chi connectivity index (χ2v) is 2.75. The molecule has 0 bridgehead atoms. The summed E-state index contributed by atoms with van der Waals surface area (Å²) in [6, 6.07) is 0.0999. The molecule has 0 fully saturated rings. The molecule has 4 N–H and O–H groups in total. The number of hydrogen-bond donors (Lipinski definition) is 3.